The Kier molecular flexibility index (Phi) is 4.23. The lowest BCUT2D eigenvalue weighted by Crippen LogP contribution is -2.53. The second kappa shape index (κ2) is 5.25. The van der Waals surface area contributed by atoms with Crippen LogP contribution in [-0.4, -0.2) is 57.4 Å². The predicted molar refractivity (Wildman–Crippen MR) is 52.7 cm³/mol. The van der Waals surface area contributed by atoms with Gasteiger partial charge in [0, 0.05) is 6.54 Å². The Labute approximate surface area is 93.6 Å². The number of hydrogen-bond donors (Lipinski definition) is 0. The number of sulfonamides is 1. The summed E-state index contributed by atoms with van der Waals surface area (Å²) in [6.45, 7) is 0.221. The summed E-state index contributed by atoms with van der Waals surface area (Å²) in [5, 5.41) is 8.41. The molecular formula is C8H12N2O5S. The molecule has 0 N–H and O–H groups in total. The molecule has 8 heteroatoms. The first-order valence-corrected chi connectivity index (χ1v) is 6.16. The maximum Gasteiger partial charge on any atom is 0.326 e. The molecule has 0 aromatic rings. The average Bonchev–Trinajstić information content (AvgIpc) is 2.28. The summed E-state index contributed by atoms with van der Waals surface area (Å²) in [6.07, 6.45) is 0. The Morgan fingerprint density at radius 2 is 2.38 bits per heavy atom. The Hall–Kier alpha value is -1.17. The van der Waals surface area contributed by atoms with Crippen LogP contribution >= 0.6 is 0 Å². The summed E-state index contributed by atoms with van der Waals surface area (Å²) in [6, 6.07) is 0.571. The van der Waals surface area contributed by atoms with E-state index in [1.54, 1.807) is 6.07 Å². The van der Waals surface area contributed by atoms with Gasteiger partial charge in [-0.15, -0.1) is 0 Å². The zero-order chi connectivity index (χ0) is 12.2. The Bertz CT molecular complexity index is 399. The number of carbonyl (C=O) groups excluding carboxylic acids is 1. The van der Waals surface area contributed by atoms with Gasteiger partial charge in [-0.2, -0.15) is 9.57 Å². The quantitative estimate of drug-likeness (QED) is 0.577. The van der Waals surface area contributed by atoms with Crippen molar-refractivity contribution in [3.8, 4) is 6.07 Å². The number of morpholine rings is 1. The lowest BCUT2D eigenvalue weighted by Gasteiger charge is -2.31. The molecule has 1 rings (SSSR count). The summed E-state index contributed by atoms with van der Waals surface area (Å²) >= 11 is 0. The summed E-state index contributed by atoms with van der Waals surface area (Å²) in [5.74, 6) is -1.33. The predicted octanol–water partition coefficient (Wildman–Crippen LogP) is -1.29. The molecule has 0 aromatic heterocycles. The largest absolute Gasteiger partial charge is 0.468 e. The van der Waals surface area contributed by atoms with Gasteiger partial charge in [-0.25, -0.2) is 8.42 Å². The molecule has 90 valence electrons. The Morgan fingerprint density at radius 1 is 1.69 bits per heavy atom. The van der Waals surface area contributed by atoms with Gasteiger partial charge in [-0.3, -0.25) is 4.79 Å². The molecule has 0 saturated carbocycles. The first kappa shape index (κ1) is 12.9. The monoisotopic (exact) mass is 248 g/mol. The summed E-state index contributed by atoms with van der Waals surface area (Å²) in [4.78, 5) is 11.3. The summed E-state index contributed by atoms with van der Waals surface area (Å²) in [5.41, 5.74) is 0. The van der Waals surface area contributed by atoms with Crippen LogP contribution in [0.25, 0.3) is 0 Å². The molecule has 7 nitrogen and oxygen atoms in total. The summed E-state index contributed by atoms with van der Waals surface area (Å²) < 4.78 is 33.8. The number of nitriles is 1. The molecule has 1 aliphatic heterocycles. The van der Waals surface area contributed by atoms with Crippen molar-refractivity contribution in [2.45, 2.75) is 6.04 Å². The second-order valence-electron chi connectivity index (χ2n) is 3.14. The van der Waals surface area contributed by atoms with E-state index < -0.39 is 27.8 Å². The fraction of sp³-hybridized carbons (Fsp3) is 0.750. The third-order valence-electron chi connectivity index (χ3n) is 2.16. The first-order chi connectivity index (χ1) is 7.53. The SMILES string of the molecule is COC(=O)C1COCCN1S(=O)(=O)CC#N. The number of rotatable bonds is 3. The van der Waals surface area contributed by atoms with Crippen LogP contribution in [0.15, 0.2) is 0 Å². The van der Waals surface area contributed by atoms with Crippen molar-refractivity contribution >= 4 is 16.0 Å². The number of ether oxygens (including phenoxy) is 2. The maximum atomic E-state index is 11.7. The minimum atomic E-state index is -3.75. The molecule has 1 atom stereocenters. The topological polar surface area (TPSA) is 96.7 Å². The minimum Gasteiger partial charge on any atom is -0.468 e. The number of methoxy groups -OCH3 is 1. The molecule has 0 spiro atoms. The number of hydrogen-bond acceptors (Lipinski definition) is 6. The van der Waals surface area contributed by atoms with E-state index in [4.69, 9.17) is 10.00 Å². The molecule has 1 saturated heterocycles. The van der Waals surface area contributed by atoms with Gasteiger partial charge in [-0.05, 0) is 0 Å². The Balaban J connectivity index is 2.91. The van der Waals surface area contributed by atoms with Crippen LogP contribution < -0.4 is 0 Å². The average molecular weight is 248 g/mol. The van der Waals surface area contributed by atoms with Gasteiger partial charge in [0.05, 0.1) is 26.4 Å². The smallest absolute Gasteiger partial charge is 0.326 e. The lowest BCUT2D eigenvalue weighted by atomic mass is 10.3. The molecule has 0 amide bonds. The fourth-order valence-corrected chi connectivity index (χ4v) is 2.62. The van der Waals surface area contributed by atoms with Crippen molar-refractivity contribution in [2.75, 3.05) is 32.6 Å². The molecule has 0 aliphatic carbocycles. The summed E-state index contributed by atoms with van der Waals surface area (Å²) in [7, 11) is -2.57. The van der Waals surface area contributed by atoms with Crippen molar-refractivity contribution in [1.29, 1.82) is 5.26 Å². The highest BCUT2D eigenvalue weighted by Gasteiger charge is 2.37. The van der Waals surface area contributed by atoms with Crippen LogP contribution in [0.4, 0.5) is 0 Å². The fourth-order valence-electron chi connectivity index (χ4n) is 1.41. The Morgan fingerprint density at radius 3 is 2.94 bits per heavy atom. The van der Waals surface area contributed by atoms with Crippen LogP contribution in [0, 0.1) is 11.3 Å². The van der Waals surface area contributed by atoms with Crippen LogP contribution in [0.1, 0.15) is 0 Å². The van der Waals surface area contributed by atoms with Gasteiger partial charge < -0.3 is 9.47 Å². The number of carbonyl (C=O) groups is 1. The second-order valence-corrected chi connectivity index (χ2v) is 5.06. The van der Waals surface area contributed by atoms with Crippen LogP contribution in [0.2, 0.25) is 0 Å². The molecule has 1 fully saturated rings. The van der Waals surface area contributed by atoms with Gasteiger partial charge in [0.2, 0.25) is 10.0 Å². The third kappa shape index (κ3) is 2.69. The molecule has 1 unspecified atom stereocenters. The van der Waals surface area contributed by atoms with E-state index in [1.807, 2.05) is 0 Å². The molecule has 16 heavy (non-hydrogen) atoms. The van der Waals surface area contributed by atoms with Gasteiger partial charge in [0.25, 0.3) is 0 Å². The van der Waals surface area contributed by atoms with Crippen molar-refractivity contribution in [1.82, 2.24) is 4.31 Å². The van der Waals surface area contributed by atoms with E-state index in [1.165, 1.54) is 7.11 Å². The van der Waals surface area contributed by atoms with Crippen LogP contribution in [0.5, 0.6) is 0 Å². The lowest BCUT2D eigenvalue weighted by molar-refractivity contribution is -0.149. The van der Waals surface area contributed by atoms with E-state index in [0.717, 1.165) is 4.31 Å². The maximum absolute atomic E-state index is 11.7. The van der Waals surface area contributed by atoms with E-state index in [2.05, 4.69) is 4.74 Å². The van der Waals surface area contributed by atoms with Crippen molar-refractivity contribution in [2.24, 2.45) is 0 Å². The van der Waals surface area contributed by atoms with Gasteiger partial charge in [0.1, 0.15) is 6.04 Å². The zero-order valence-electron chi connectivity index (χ0n) is 8.75. The van der Waals surface area contributed by atoms with E-state index in [9.17, 15) is 13.2 Å². The molecule has 1 heterocycles. The van der Waals surface area contributed by atoms with Crippen LogP contribution in [0.3, 0.4) is 0 Å². The van der Waals surface area contributed by atoms with Gasteiger partial charge >= 0.3 is 5.97 Å². The normalized spacial score (nSPS) is 22.4. The number of esters is 1. The van der Waals surface area contributed by atoms with Crippen molar-refractivity contribution < 1.29 is 22.7 Å². The highest BCUT2D eigenvalue weighted by molar-refractivity contribution is 7.89. The highest BCUT2D eigenvalue weighted by atomic mass is 32.2. The number of nitrogens with zero attached hydrogens (tertiary/aromatic N) is 2. The van der Waals surface area contributed by atoms with Crippen molar-refractivity contribution in [3.05, 3.63) is 0 Å². The third-order valence-corrected chi connectivity index (χ3v) is 3.80. The van der Waals surface area contributed by atoms with Gasteiger partial charge in [0.15, 0.2) is 5.75 Å². The molecule has 1 aliphatic rings. The zero-order valence-corrected chi connectivity index (χ0v) is 9.57. The van der Waals surface area contributed by atoms with E-state index in [-0.39, 0.29) is 19.8 Å². The van der Waals surface area contributed by atoms with Crippen LogP contribution in [-0.2, 0) is 24.3 Å². The van der Waals surface area contributed by atoms with E-state index >= 15 is 0 Å². The molecule has 0 bridgehead atoms. The molecular weight excluding hydrogens is 236 g/mol. The standard InChI is InChI=1S/C8H12N2O5S/c1-14-8(11)7-6-15-4-3-10(7)16(12,13)5-2-9/h7H,3-6H2,1H3. The van der Waals surface area contributed by atoms with Crippen molar-refractivity contribution in [3.63, 3.8) is 0 Å². The first-order valence-electron chi connectivity index (χ1n) is 4.55. The molecule has 0 aromatic carbocycles. The van der Waals surface area contributed by atoms with E-state index in [0.29, 0.717) is 0 Å². The highest BCUT2D eigenvalue weighted by Crippen LogP contribution is 2.13. The minimum absolute atomic E-state index is 0.0443. The van der Waals surface area contributed by atoms with Gasteiger partial charge in [-0.1, -0.05) is 0 Å². The molecule has 0 radical (unpaired) electrons.